The molecule has 0 aliphatic heterocycles. The van der Waals surface area contributed by atoms with Crippen LogP contribution in [0.4, 0.5) is 0 Å². The van der Waals surface area contributed by atoms with Crippen LogP contribution >= 0.6 is 0 Å². The van der Waals surface area contributed by atoms with Crippen molar-refractivity contribution >= 4 is 27.9 Å². The van der Waals surface area contributed by atoms with Gasteiger partial charge in [-0.2, -0.15) is 0 Å². The van der Waals surface area contributed by atoms with Crippen molar-refractivity contribution in [2.75, 3.05) is 0 Å². The molecule has 0 aliphatic carbocycles. The van der Waals surface area contributed by atoms with Gasteiger partial charge in [0.25, 0.3) is 0 Å². The van der Waals surface area contributed by atoms with Crippen LogP contribution in [-0.2, 0) is 0 Å². The van der Waals surface area contributed by atoms with Crippen molar-refractivity contribution in [3.63, 3.8) is 0 Å². The number of allylic oxidation sites excluding steroid dienone is 2. The van der Waals surface area contributed by atoms with Gasteiger partial charge in [0.05, 0.1) is 0 Å². The number of hydrogen-bond donors (Lipinski definition) is 0. The summed E-state index contributed by atoms with van der Waals surface area (Å²) >= 11 is -2.03. The van der Waals surface area contributed by atoms with Gasteiger partial charge in [-0.1, -0.05) is 0 Å². The second-order valence-electron chi connectivity index (χ2n) is 7.50. The van der Waals surface area contributed by atoms with Gasteiger partial charge in [0.2, 0.25) is 0 Å². The van der Waals surface area contributed by atoms with E-state index in [4.69, 9.17) is 0 Å². The van der Waals surface area contributed by atoms with Crippen molar-refractivity contribution in [1.82, 2.24) is 0 Å². The summed E-state index contributed by atoms with van der Waals surface area (Å²) in [6, 6.07) is 0. The Kier molecular flexibility index (Phi) is 7.06. The van der Waals surface area contributed by atoms with E-state index < -0.39 is 21.2 Å². The number of rotatable bonds is 5. The van der Waals surface area contributed by atoms with Crippen LogP contribution in [0, 0.1) is 5.92 Å². The fraction of sp³-hybridized carbons (Fsp3) is 0.867. The van der Waals surface area contributed by atoms with Crippen LogP contribution in [0.1, 0.15) is 48.5 Å². The van der Waals surface area contributed by atoms with Crippen LogP contribution in [-0.4, -0.2) is 27.9 Å². The SMILES string of the molecule is C/[C](=C(/B(C(C)C)C(C)C)C(C)C)[Pb]([CH3])([CH3])[CH3]. The molecule has 0 aromatic rings. The molecule has 100 valence electrons. The van der Waals surface area contributed by atoms with Gasteiger partial charge >= 0.3 is 116 Å². The molecular weight excluding hydrogens is 398 g/mol. The normalized spacial score (nSPS) is 14.6. The molecule has 0 spiro atoms. The van der Waals surface area contributed by atoms with E-state index in [2.05, 4.69) is 61.9 Å². The summed E-state index contributed by atoms with van der Waals surface area (Å²) in [5.41, 5.74) is 1.80. The Morgan fingerprint density at radius 3 is 1.35 bits per heavy atom. The van der Waals surface area contributed by atoms with Crippen LogP contribution in [0.2, 0.25) is 25.1 Å². The second kappa shape index (κ2) is 6.77. The van der Waals surface area contributed by atoms with E-state index in [1.807, 2.05) is 3.13 Å². The van der Waals surface area contributed by atoms with Crippen molar-refractivity contribution in [3.8, 4) is 0 Å². The van der Waals surface area contributed by atoms with Gasteiger partial charge in [0.1, 0.15) is 0 Å². The van der Waals surface area contributed by atoms with Gasteiger partial charge in [0, 0.05) is 0 Å². The summed E-state index contributed by atoms with van der Waals surface area (Å²) in [4.78, 5) is 0. The fourth-order valence-corrected chi connectivity index (χ4v) is 8.13. The molecule has 0 N–H and O–H groups in total. The van der Waals surface area contributed by atoms with E-state index in [1.54, 1.807) is 5.47 Å². The van der Waals surface area contributed by atoms with Crippen LogP contribution in [0.3, 0.4) is 0 Å². The zero-order valence-electron chi connectivity index (χ0n) is 13.8. The molecule has 0 aliphatic rings. The Morgan fingerprint density at radius 2 is 1.18 bits per heavy atom. The van der Waals surface area contributed by atoms with Gasteiger partial charge in [-0.3, -0.25) is 0 Å². The Hall–Kier alpha value is 0.727. The van der Waals surface area contributed by atoms with Gasteiger partial charge < -0.3 is 0 Å². The van der Waals surface area contributed by atoms with Crippen molar-refractivity contribution < 1.29 is 0 Å². The van der Waals surface area contributed by atoms with E-state index in [9.17, 15) is 0 Å². The molecule has 0 amide bonds. The van der Waals surface area contributed by atoms with Crippen molar-refractivity contribution in [2.45, 2.75) is 73.5 Å². The summed E-state index contributed by atoms with van der Waals surface area (Å²) < 4.78 is 9.49. The van der Waals surface area contributed by atoms with Crippen LogP contribution in [0.25, 0.3) is 0 Å². The third-order valence-corrected chi connectivity index (χ3v) is 13.8. The molecule has 0 aromatic carbocycles. The van der Waals surface area contributed by atoms with Gasteiger partial charge in [-0.25, -0.2) is 0 Å². The van der Waals surface area contributed by atoms with Gasteiger partial charge in [0.15, 0.2) is 0 Å². The molecule has 0 saturated carbocycles. The van der Waals surface area contributed by atoms with E-state index >= 15 is 0 Å². The summed E-state index contributed by atoms with van der Waals surface area (Å²) in [5.74, 6) is 2.24. The molecule has 0 saturated heterocycles. The monoisotopic (exact) mass is 432 g/mol. The molecule has 0 bridgehead atoms. The average Bonchev–Trinajstić information content (AvgIpc) is 2.09. The van der Waals surface area contributed by atoms with Crippen molar-refractivity contribution in [1.29, 1.82) is 0 Å². The molecule has 0 heterocycles. The molecule has 0 fully saturated rings. The van der Waals surface area contributed by atoms with E-state index in [-0.39, 0.29) is 0 Å². The second-order valence-corrected chi connectivity index (χ2v) is 27.9. The predicted octanol–water partition coefficient (Wildman–Crippen LogP) is 5.69. The third kappa shape index (κ3) is 5.08. The molecule has 0 radical (unpaired) electrons. The first-order chi connectivity index (χ1) is 7.50. The predicted molar refractivity (Wildman–Crippen MR) is 86.8 cm³/mol. The Balaban J connectivity index is 5.66. The zero-order valence-corrected chi connectivity index (χ0v) is 17.7. The first-order valence-corrected chi connectivity index (χ1v) is 20.8. The van der Waals surface area contributed by atoms with Gasteiger partial charge in [-0.15, -0.1) is 0 Å². The first-order valence-electron chi connectivity index (χ1n) is 7.21. The third-order valence-electron chi connectivity index (χ3n) is 3.98. The minimum absolute atomic E-state index is 0.712. The van der Waals surface area contributed by atoms with E-state index in [0.29, 0.717) is 5.92 Å². The maximum atomic E-state index is 2.56. The molecular formula is C15H33BPb. The number of hydrogen-bond acceptors (Lipinski definition) is 0. The van der Waals surface area contributed by atoms with Crippen LogP contribution in [0.5, 0.6) is 0 Å². The summed E-state index contributed by atoms with van der Waals surface area (Å²) in [7, 11) is 0. The molecule has 2 heteroatoms. The van der Waals surface area contributed by atoms with Crippen LogP contribution < -0.4 is 0 Å². The van der Waals surface area contributed by atoms with E-state index in [0.717, 1.165) is 18.3 Å². The van der Waals surface area contributed by atoms with Crippen LogP contribution in [0.15, 0.2) is 8.60 Å². The molecule has 0 rings (SSSR count). The van der Waals surface area contributed by atoms with E-state index in [1.165, 1.54) is 0 Å². The first kappa shape index (κ1) is 17.7. The molecule has 0 nitrogen and oxygen atoms in total. The fourth-order valence-electron chi connectivity index (χ4n) is 2.99. The Bertz CT molecular complexity index is 261. The maximum absolute atomic E-state index is 2.56. The average molecular weight is 431 g/mol. The molecule has 0 atom stereocenters. The Morgan fingerprint density at radius 1 is 0.824 bits per heavy atom. The summed E-state index contributed by atoms with van der Waals surface area (Å²) in [6.07, 6.45) is 0. The quantitative estimate of drug-likeness (QED) is 0.491. The molecule has 17 heavy (non-hydrogen) atoms. The molecule has 0 unspecified atom stereocenters. The summed E-state index contributed by atoms with van der Waals surface area (Å²) in [6.45, 7) is 17.5. The zero-order chi connectivity index (χ0) is 14.0. The van der Waals surface area contributed by atoms with Crippen molar-refractivity contribution in [2.24, 2.45) is 5.92 Å². The summed E-state index contributed by atoms with van der Waals surface area (Å²) in [5, 5.41) is 0. The standard InChI is InChI=1S/C12H24B.3CH3.Pb/c1-8-12(9(2)3)13(10(4)5)11(6)7;;;;/h9-11H,1-7H3;3*1H3;. The topological polar surface area (TPSA) is 0 Å². The van der Waals surface area contributed by atoms with Crippen molar-refractivity contribution in [3.05, 3.63) is 8.60 Å². The Labute approximate surface area is 115 Å². The van der Waals surface area contributed by atoms with Gasteiger partial charge in [-0.05, 0) is 0 Å². The molecule has 0 aromatic heterocycles. The minimum atomic E-state index is -2.03.